The van der Waals surface area contributed by atoms with Crippen LogP contribution in [0.3, 0.4) is 0 Å². The van der Waals surface area contributed by atoms with Crippen LogP contribution in [0.15, 0.2) is 48.5 Å². The molecule has 1 fully saturated rings. The van der Waals surface area contributed by atoms with E-state index < -0.39 is 0 Å². The molecule has 6 nitrogen and oxygen atoms in total. The van der Waals surface area contributed by atoms with Gasteiger partial charge in [0, 0.05) is 48.8 Å². The minimum absolute atomic E-state index is 0.115. The van der Waals surface area contributed by atoms with Crippen LogP contribution in [0.5, 0.6) is 0 Å². The molecule has 0 saturated carbocycles. The Balaban J connectivity index is 1.39. The van der Waals surface area contributed by atoms with E-state index in [1.54, 1.807) is 0 Å². The zero-order valence-electron chi connectivity index (χ0n) is 19.8. The second kappa shape index (κ2) is 8.28. The number of aromatic amines is 1. The molecular formula is C27H34N6. The van der Waals surface area contributed by atoms with E-state index in [-0.39, 0.29) is 6.04 Å². The molecule has 33 heavy (non-hydrogen) atoms. The van der Waals surface area contributed by atoms with Crippen molar-refractivity contribution in [3.05, 3.63) is 65.6 Å². The number of nitrogens with zero attached hydrogens (tertiary/aromatic N) is 3. The lowest BCUT2D eigenvalue weighted by Crippen LogP contribution is -2.45. The van der Waals surface area contributed by atoms with Crippen molar-refractivity contribution in [1.29, 1.82) is 0 Å². The number of aryl methyl sites for hydroxylation is 1. The topological polar surface area (TPSA) is 60.9 Å². The van der Waals surface area contributed by atoms with Gasteiger partial charge in [-0.3, -0.25) is 15.8 Å². The number of fused-ring (bicyclic) bond motifs is 4. The molecule has 0 aliphatic carbocycles. The Morgan fingerprint density at radius 1 is 1.03 bits per heavy atom. The maximum atomic E-state index is 5.15. The first-order chi connectivity index (χ1) is 16.1. The first kappa shape index (κ1) is 20.9. The zero-order chi connectivity index (χ0) is 22.5. The summed E-state index contributed by atoms with van der Waals surface area (Å²) in [5.74, 6) is 1.83. The van der Waals surface area contributed by atoms with Crippen molar-refractivity contribution in [2.45, 2.75) is 51.2 Å². The highest BCUT2D eigenvalue weighted by atomic mass is 15.4. The minimum Gasteiger partial charge on any atom is -0.356 e. The molecule has 2 aliphatic rings. The summed E-state index contributed by atoms with van der Waals surface area (Å²) in [5.41, 5.74) is 13.4. The maximum absolute atomic E-state index is 5.15. The average Bonchev–Trinajstić information content (AvgIpc) is 3.49. The smallest absolute Gasteiger partial charge is 0.133 e. The van der Waals surface area contributed by atoms with E-state index in [0.717, 1.165) is 30.9 Å². The van der Waals surface area contributed by atoms with Crippen LogP contribution in [0, 0.1) is 5.92 Å². The van der Waals surface area contributed by atoms with E-state index in [0.29, 0.717) is 18.0 Å². The molecule has 172 valence electrons. The van der Waals surface area contributed by atoms with Crippen molar-refractivity contribution >= 4 is 21.9 Å². The molecular weight excluding hydrogens is 408 g/mol. The number of nitrogens with one attached hydrogen (secondary N) is 3. The van der Waals surface area contributed by atoms with Gasteiger partial charge < -0.3 is 9.55 Å². The molecule has 6 rings (SSSR count). The molecule has 2 aliphatic heterocycles. The molecule has 3 atom stereocenters. The summed E-state index contributed by atoms with van der Waals surface area (Å²) in [5, 5.41) is 1.36. The number of aromatic nitrogens is 3. The number of rotatable bonds is 5. The predicted molar refractivity (Wildman–Crippen MR) is 134 cm³/mol. The number of H-pyrrole nitrogens is 1. The van der Waals surface area contributed by atoms with Gasteiger partial charge in [-0.25, -0.2) is 4.98 Å². The third-order valence-electron chi connectivity index (χ3n) is 7.47. The summed E-state index contributed by atoms with van der Waals surface area (Å²) in [7, 11) is 2.16. The van der Waals surface area contributed by atoms with E-state index in [2.05, 4.69) is 94.7 Å². The Morgan fingerprint density at radius 2 is 1.82 bits per heavy atom. The molecule has 3 N–H and O–H groups in total. The van der Waals surface area contributed by atoms with Gasteiger partial charge in [0.1, 0.15) is 11.9 Å². The fourth-order valence-corrected chi connectivity index (χ4v) is 6.01. The monoisotopic (exact) mass is 442 g/mol. The molecule has 1 saturated heterocycles. The van der Waals surface area contributed by atoms with E-state index in [4.69, 9.17) is 4.98 Å². The maximum Gasteiger partial charge on any atom is 0.133 e. The average molecular weight is 443 g/mol. The van der Waals surface area contributed by atoms with Crippen LogP contribution >= 0.6 is 0 Å². The zero-order valence-corrected chi connectivity index (χ0v) is 19.8. The van der Waals surface area contributed by atoms with Crippen molar-refractivity contribution in [3.8, 4) is 0 Å². The fraction of sp³-hybridized carbons (Fsp3) is 0.444. The number of hydrogen-bond donors (Lipinski definition) is 3. The molecule has 6 heteroatoms. The summed E-state index contributed by atoms with van der Waals surface area (Å²) >= 11 is 0. The lowest BCUT2D eigenvalue weighted by molar-refractivity contribution is 0.183. The Kier molecular flexibility index (Phi) is 5.24. The third-order valence-corrected chi connectivity index (χ3v) is 7.47. The van der Waals surface area contributed by atoms with E-state index in [1.807, 2.05) is 0 Å². The van der Waals surface area contributed by atoms with Gasteiger partial charge in [-0.15, -0.1) is 0 Å². The molecule has 3 unspecified atom stereocenters. The van der Waals surface area contributed by atoms with Gasteiger partial charge in [0.15, 0.2) is 0 Å². The standard InChI is InChI=1S/C27H34N6/c1-17(2)14-18-15-19(31-30-18)16-33-13-12-21-20-8-4-5-9-22(20)28-25(21)26(33)27-29-23-10-6-7-11-24(23)32(27)3/h4-11,17-19,26,28,30-31H,12-16H2,1-3H3. The molecule has 2 aromatic heterocycles. The Hall–Kier alpha value is -2.67. The first-order valence-electron chi connectivity index (χ1n) is 12.3. The lowest BCUT2D eigenvalue weighted by Gasteiger charge is -2.36. The van der Waals surface area contributed by atoms with Gasteiger partial charge >= 0.3 is 0 Å². The van der Waals surface area contributed by atoms with Crippen LogP contribution in [-0.4, -0.2) is 44.6 Å². The second-order valence-electron chi connectivity index (χ2n) is 10.3. The molecule has 4 aromatic rings. The van der Waals surface area contributed by atoms with Gasteiger partial charge in [-0.05, 0) is 48.9 Å². The molecule has 0 radical (unpaired) electrons. The molecule has 4 heterocycles. The predicted octanol–water partition coefficient (Wildman–Crippen LogP) is 4.28. The minimum atomic E-state index is 0.115. The normalized spacial score (nSPS) is 23.7. The number of benzene rings is 2. The van der Waals surface area contributed by atoms with E-state index in [1.165, 1.54) is 40.5 Å². The Bertz CT molecular complexity index is 1280. The van der Waals surface area contributed by atoms with Crippen LogP contribution in [0.2, 0.25) is 0 Å². The summed E-state index contributed by atoms with van der Waals surface area (Å²) in [6, 6.07) is 18.3. The fourth-order valence-electron chi connectivity index (χ4n) is 6.01. The van der Waals surface area contributed by atoms with Gasteiger partial charge in [-0.2, -0.15) is 0 Å². The first-order valence-corrected chi connectivity index (χ1v) is 12.3. The Morgan fingerprint density at radius 3 is 2.67 bits per heavy atom. The van der Waals surface area contributed by atoms with Crippen LogP contribution in [-0.2, 0) is 13.5 Å². The summed E-state index contributed by atoms with van der Waals surface area (Å²) in [6.07, 6.45) is 3.45. The number of para-hydroxylation sites is 3. The van der Waals surface area contributed by atoms with Crippen molar-refractivity contribution < 1.29 is 0 Å². The summed E-state index contributed by atoms with van der Waals surface area (Å²) in [6.45, 7) is 6.65. The molecule has 0 amide bonds. The molecule has 0 bridgehead atoms. The number of hydrazine groups is 1. The second-order valence-corrected chi connectivity index (χ2v) is 10.3. The number of imidazole rings is 1. The van der Waals surface area contributed by atoms with Gasteiger partial charge in [0.25, 0.3) is 0 Å². The quantitative estimate of drug-likeness (QED) is 0.432. The van der Waals surface area contributed by atoms with Crippen LogP contribution in [0.4, 0.5) is 0 Å². The largest absolute Gasteiger partial charge is 0.356 e. The van der Waals surface area contributed by atoms with Crippen LogP contribution in [0.1, 0.15) is 49.8 Å². The van der Waals surface area contributed by atoms with Crippen molar-refractivity contribution in [2.24, 2.45) is 13.0 Å². The van der Waals surface area contributed by atoms with Crippen molar-refractivity contribution in [1.82, 2.24) is 30.3 Å². The van der Waals surface area contributed by atoms with E-state index in [9.17, 15) is 0 Å². The van der Waals surface area contributed by atoms with E-state index >= 15 is 0 Å². The Labute approximate surface area is 195 Å². The molecule has 0 spiro atoms. The lowest BCUT2D eigenvalue weighted by atomic mass is 9.95. The molecule has 2 aromatic carbocycles. The third kappa shape index (κ3) is 3.66. The van der Waals surface area contributed by atoms with Crippen molar-refractivity contribution in [2.75, 3.05) is 13.1 Å². The van der Waals surface area contributed by atoms with Gasteiger partial charge in [0.05, 0.1) is 11.0 Å². The van der Waals surface area contributed by atoms with Gasteiger partial charge in [0.2, 0.25) is 0 Å². The summed E-state index contributed by atoms with van der Waals surface area (Å²) < 4.78 is 2.29. The number of hydrogen-bond acceptors (Lipinski definition) is 4. The SMILES string of the molecule is CC(C)CC1CC(CN2CCc3c([nH]c4ccccc34)C2c2nc3ccccc3n2C)NN1. The highest BCUT2D eigenvalue weighted by molar-refractivity contribution is 5.85. The van der Waals surface area contributed by atoms with Crippen molar-refractivity contribution in [3.63, 3.8) is 0 Å². The van der Waals surface area contributed by atoms with Gasteiger partial charge in [-0.1, -0.05) is 44.2 Å². The summed E-state index contributed by atoms with van der Waals surface area (Å²) in [4.78, 5) is 11.6. The highest BCUT2D eigenvalue weighted by Crippen LogP contribution is 2.39. The van der Waals surface area contributed by atoms with Crippen LogP contribution in [0.25, 0.3) is 21.9 Å². The van der Waals surface area contributed by atoms with Crippen LogP contribution < -0.4 is 10.9 Å². The highest BCUT2D eigenvalue weighted by Gasteiger charge is 2.37.